The van der Waals surface area contributed by atoms with Crippen LogP contribution < -0.4 is 5.73 Å². The largest absolute Gasteiger partial charge is 0.404 e. The van der Waals surface area contributed by atoms with Crippen LogP contribution in [0.4, 0.5) is 14.5 Å². The summed E-state index contributed by atoms with van der Waals surface area (Å²) in [6.45, 7) is 5.01. The van der Waals surface area contributed by atoms with Gasteiger partial charge < -0.3 is 20.8 Å². The number of ether oxygens (including phenoxy) is 1. The fraction of sp³-hybridized carbons (Fsp3) is 0.500. The number of carbonyl (C=O) groups is 1. The van der Waals surface area contributed by atoms with Gasteiger partial charge in [0.25, 0.3) is 12.3 Å². The van der Waals surface area contributed by atoms with Crippen molar-refractivity contribution in [1.29, 1.82) is 5.41 Å². The van der Waals surface area contributed by atoms with Gasteiger partial charge in [-0.25, -0.2) is 18.3 Å². The summed E-state index contributed by atoms with van der Waals surface area (Å²) in [5.41, 5.74) is 10.3. The average molecular weight is 485 g/mol. The van der Waals surface area contributed by atoms with E-state index in [1.165, 1.54) is 11.9 Å². The Morgan fingerprint density at radius 2 is 2.06 bits per heavy atom. The highest BCUT2D eigenvalue weighted by Gasteiger charge is 2.51. The van der Waals surface area contributed by atoms with Gasteiger partial charge in [-0.1, -0.05) is 0 Å². The summed E-state index contributed by atoms with van der Waals surface area (Å²) in [4.78, 5) is 16.4. The van der Waals surface area contributed by atoms with E-state index in [0.29, 0.717) is 37.9 Å². The van der Waals surface area contributed by atoms with Gasteiger partial charge in [-0.2, -0.15) is 0 Å². The van der Waals surface area contributed by atoms with Crippen LogP contribution in [0, 0.1) is 5.41 Å². The number of allylic oxidation sites excluding steroid dienone is 1. The minimum absolute atomic E-state index is 0.0526. The molecule has 1 aromatic rings. The van der Waals surface area contributed by atoms with Crippen LogP contribution in [0.15, 0.2) is 29.6 Å². The normalized spacial score (nSPS) is 23.3. The zero-order valence-corrected chi connectivity index (χ0v) is 20.0. The lowest BCUT2D eigenvalue weighted by atomic mass is 9.88. The van der Waals surface area contributed by atoms with E-state index in [1.807, 2.05) is 4.90 Å². The molecule has 0 unspecified atom stereocenters. The van der Waals surface area contributed by atoms with Crippen LogP contribution in [0.25, 0.3) is 5.57 Å². The van der Waals surface area contributed by atoms with Gasteiger partial charge in [0.05, 0.1) is 26.3 Å². The Morgan fingerprint density at radius 3 is 2.71 bits per heavy atom. The molecule has 4 aliphatic heterocycles. The molecule has 35 heavy (non-hydrogen) atoms. The summed E-state index contributed by atoms with van der Waals surface area (Å²) in [6, 6.07) is 3.68. The molecule has 1 fully saturated rings. The van der Waals surface area contributed by atoms with E-state index < -0.39 is 6.43 Å². The predicted octanol–water partition coefficient (Wildman–Crippen LogP) is 3.56. The molecule has 9 heteroatoms. The molecule has 7 nitrogen and oxygen atoms in total. The zero-order chi connectivity index (χ0) is 24.7. The van der Waals surface area contributed by atoms with Gasteiger partial charge in [0.1, 0.15) is 23.0 Å². The molecule has 0 aliphatic carbocycles. The van der Waals surface area contributed by atoms with E-state index in [1.54, 1.807) is 19.1 Å². The standard InChI is InChI=1S/C26H32F2N5O2/c1-16(34)31-8-4-23-22(15-31)26(33(23)19-5-9-35-10-6-19)32-7-2-3-17-11-20(18(13-29)14-30)21(25(27)28)12-24(17)32/h11-14,19,25,29H,2-10,15,30H2,1H3/q+1. The number of nitrogens with two attached hydrogens (primary N) is 1. The second kappa shape index (κ2) is 9.53. The summed E-state index contributed by atoms with van der Waals surface area (Å²) in [5, 5.41) is 7.63. The minimum Gasteiger partial charge on any atom is -0.404 e. The second-order valence-electron chi connectivity index (χ2n) is 9.54. The van der Waals surface area contributed by atoms with E-state index in [0.717, 1.165) is 67.5 Å². The molecule has 1 aromatic carbocycles. The Bertz CT molecular complexity index is 1150. The molecular weight excluding hydrogens is 452 g/mol. The lowest BCUT2D eigenvalue weighted by Gasteiger charge is -2.45. The lowest BCUT2D eigenvalue weighted by molar-refractivity contribution is -0.453. The van der Waals surface area contributed by atoms with Crippen LogP contribution in [0.2, 0.25) is 0 Å². The molecule has 186 valence electrons. The molecule has 5 rings (SSSR count). The number of nitrogens with one attached hydrogen (secondary N) is 1. The lowest BCUT2D eigenvalue weighted by Crippen LogP contribution is -2.58. The van der Waals surface area contributed by atoms with Crippen molar-refractivity contribution in [2.24, 2.45) is 5.73 Å². The molecule has 1 amide bonds. The number of fused-ring (bicyclic) bond motifs is 1. The first-order valence-electron chi connectivity index (χ1n) is 12.3. The van der Waals surface area contributed by atoms with E-state index in [2.05, 4.69) is 9.48 Å². The number of rotatable bonds is 4. The number of benzene rings is 1. The first-order chi connectivity index (χ1) is 16.9. The number of hydrogen-bond donors (Lipinski definition) is 2. The van der Waals surface area contributed by atoms with E-state index in [9.17, 15) is 13.6 Å². The quantitative estimate of drug-likeness (QED) is 0.506. The first-order valence-corrected chi connectivity index (χ1v) is 12.3. The van der Waals surface area contributed by atoms with Crippen molar-refractivity contribution in [3.05, 3.63) is 46.3 Å². The number of halogens is 2. The Hall–Kier alpha value is -3.07. The maximum Gasteiger partial charge on any atom is 0.291 e. The molecular formula is C26H32F2N5O2+. The van der Waals surface area contributed by atoms with Crippen LogP contribution in [-0.4, -0.2) is 71.2 Å². The fourth-order valence-corrected chi connectivity index (χ4v) is 5.85. The summed E-state index contributed by atoms with van der Waals surface area (Å²) >= 11 is 0. The summed E-state index contributed by atoms with van der Waals surface area (Å²) in [6.07, 6.45) is 3.85. The fourth-order valence-electron chi connectivity index (χ4n) is 5.85. The highest BCUT2D eigenvalue weighted by atomic mass is 19.3. The maximum atomic E-state index is 14.2. The molecule has 0 atom stereocenters. The number of nitrogens with zero attached hydrogens (tertiary/aromatic N) is 3. The molecule has 0 aromatic heterocycles. The molecule has 3 N–H and O–H groups in total. The van der Waals surface area contributed by atoms with Gasteiger partial charge >= 0.3 is 0 Å². The molecule has 4 heterocycles. The molecule has 4 aliphatic rings. The molecule has 0 bridgehead atoms. The van der Waals surface area contributed by atoms with E-state index >= 15 is 0 Å². The van der Waals surface area contributed by atoms with Gasteiger partial charge in [-0.15, -0.1) is 0 Å². The van der Waals surface area contributed by atoms with Crippen molar-refractivity contribution in [3.8, 4) is 0 Å². The van der Waals surface area contributed by atoms with Crippen molar-refractivity contribution in [2.75, 3.05) is 32.8 Å². The average Bonchev–Trinajstić information content (AvgIpc) is 2.85. The van der Waals surface area contributed by atoms with E-state index in [4.69, 9.17) is 15.9 Å². The molecule has 1 saturated heterocycles. The summed E-state index contributed by atoms with van der Waals surface area (Å²) in [5.74, 6) is 1.10. The van der Waals surface area contributed by atoms with Gasteiger partial charge in [0.15, 0.2) is 0 Å². The molecule has 0 radical (unpaired) electrons. The maximum absolute atomic E-state index is 14.2. The van der Waals surface area contributed by atoms with E-state index in [-0.39, 0.29) is 17.0 Å². The third-order valence-electron chi connectivity index (χ3n) is 7.61. The number of carbonyl (C=O) groups excluding carboxylic acids is 1. The second-order valence-corrected chi connectivity index (χ2v) is 9.54. The Morgan fingerprint density at radius 1 is 1.29 bits per heavy atom. The van der Waals surface area contributed by atoms with Crippen molar-refractivity contribution >= 4 is 29.2 Å². The van der Waals surface area contributed by atoms with Gasteiger partial charge in [-0.3, -0.25) is 4.79 Å². The summed E-state index contributed by atoms with van der Waals surface area (Å²) < 4.78 is 36.2. The van der Waals surface area contributed by atoms with Crippen LogP contribution in [0.3, 0.4) is 0 Å². The monoisotopic (exact) mass is 484 g/mol. The third kappa shape index (κ3) is 4.05. The first kappa shape index (κ1) is 23.7. The van der Waals surface area contributed by atoms with Crippen LogP contribution in [-0.2, 0) is 16.0 Å². The highest BCUT2D eigenvalue weighted by Crippen LogP contribution is 2.42. The third-order valence-corrected chi connectivity index (χ3v) is 7.61. The number of aryl methyl sites for hydroxylation is 1. The van der Waals surface area contributed by atoms with Crippen molar-refractivity contribution < 1.29 is 22.9 Å². The smallest absolute Gasteiger partial charge is 0.291 e. The zero-order valence-electron chi connectivity index (χ0n) is 20.0. The SMILES string of the molecule is CC(=O)N1CCC2=C(C1)C(=[N+]1CCCc3cc(C(C=N)=CN)c(C(F)F)cc31)N2C1CCOCC1. The Labute approximate surface area is 204 Å². The minimum atomic E-state index is -2.69. The topological polar surface area (TPSA) is 85.7 Å². The Balaban J connectivity index is 1.66. The van der Waals surface area contributed by atoms with Gasteiger partial charge in [0.2, 0.25) is 5.91 Å². The van der Waals surface area contributed by atoms with Gasteiger partial charge in [-0.05, 0) is 36.1 Å². The predicted molar refractivity (Wildman–Crippen MR) is 130 cm³/mol. The Kier molecular flexibility index (Phi) is 6.44. The molecule has 0 saturated carbocycles. The summed E-state index contributed by atoms with van der Waals surface area (Å²) in [7, 11) is 0. The number of alkyl halides is 2. The molecule has 0 spiro atoms. The van der Waals surface area contributed by atoms with Crippen LogP contribution in [0.5, 0.6) is 0 Å². The van der Waals surface area contributed by atoms with Gasteiger partial charge in [0, 0.05) is 56.3 Å². The highest BCUT2D eigenvalue weighted by molar-refractivity contribution is 6.09. The van der Waals surface area contributed by atoms with Crippen molar-refractivity contribution in [3.63, 3.8) is 0 Å². The van der Waals surface area contributed by atoms with Crippen LogP contribution >= 0.6 is 0 Å². The van der Waals surface area contributed by atoms with Crippen molar-refractivity contribution in [2.45, 2.75) is 51.5 Å². The number of amides is 1. The van der Waals surface area contributed by atoms with Crippen LogP contribution in [0.1, 0.15) is 55.7 Å². The van der Waals surface area contributed by atoms with Crippen molar-refractivity contribution in [1.82, 2.24) is 9.80 Å². The number of hydrogen-bond acceptors (Lipinski definition) is 4. The number of amidine groups is 1.